The summed E-state index contributed by atoms with van der Waals surface area (Å²) in [6.07, 6.45) is 2.34. The van der Waals surface area contributed by atoms with Gasteiger partial charge >= 0.3 is 0 Å². The summed E-state index contributed by atoms with van der Waals surface area (Å²) in [4.78, 5) is 10.7. The van der Waals surface area contributed by atoms with Gasteiger partial charge in [0, 0.05) is 18.3 Å². The predicted octanol–water partition coefficient (Wildman–Crippen LogP) is 2.71. The number of anilines is 3. The Hall–Kier alpha value is -2.14. The lowest BCUT2D eigenvalue weighted by Crippen LogP contribution is -2.18. The van der Waals surface area contributed by atoms with Crippen LogP contribution in [0.4, 0.5) is 17.3 Å². The van der Waals surface area contributed by atoms with Crippen LogP contribution in [0.1, 0.15) is 23.6 Å². The summed E-state index contributed by atoms with van der Waals surface area (Å²) < 4.78 is 0. The van der Waals surface area contributed by atoms with Gasteiger partial charge in [-0.1, -0.05) is 24.6 Å². The second-order valence-corrected chi connectivity index (χ2v) is 4.87. The second kappa shape index (κ2) is 5.88. The van der Waals surface area contributed by atoms with Crippen LogP contribution in [0.3, 0.4) is 0 Å². The molecule has 0 aliphatic heterocycles. The van der Waals surface area contributed by atoms with E-state index in [1.807, 2.05) is 7.05 Å². The number of hydrazine groups is 1. The molecule has 0 aliphatic carbocycles. The van der Waals surface area contributed by atoms with Gasteiger partial charge in [-0.3, -0.25) is 0 Å². The molecular weight excluding hydrogens is 250 g/mol. The maximum absolute atomic E-state index is 5.52. The molecule has 0 spiro atoms. The molecule has 1 heterocycles. The first-order valence-electron chi connectivity index (χ1n) is 6.70. The highest BCUT2D eigenvalue weighted by Crippen LogP contribution is 2.30. The van der Waals surface area contributed by atoms with Crippen LogP contribution in [0.15, 0.2) is 24.5 Å². The largest absolute Gasteiger partial charge is 0.329 e. The van der Waals surface area contributed by atoms with Crippen LogP contribution < -0.4 is 16.2 Å². The molecule has 0 unspecified atom stereocenters. The first kappa shape index (κ1) is 14.3. The monoisotopic (exact) mass is 271 g/mol. The highest BCUT2D eigenvalue weighted by Gasteiger charge is 2.15. The predicted molar refractivity (Wildman–Crippen MR) is 83.2 cm³/mol. The van der Waals surface area contributed by atoms with Crippen molar-refractivity contribution in [3.63, 3.8) is 0 Å². The Morgan fingerprint density at radius 1 is 1.25 bits per heavy atom. The van der Waals surface area contributed by atoms with E-state index in [9.17, 15) is 0 Å². The maximum Gasteiger partial charge on any atom is 0.148 e. The summed E-state index contributed by atoms with van der Waals surface area (Å²) in [5.74, 6) is 7.08. The van der Waals surface area contributed by atoms with Gasteiger partial charge in [-0.05, 0) is 31.9 Å². The third-order valence-corrected chi connectivity index (χ3v) is 3.44. The normalized spacial score (nSPS) is 10.4. The molecule has 0 amide bonds. The molecule has 5 nitrogen and oxygen atoms in total. The van der Waals surface area contributed by atoms with E-state index in [2.05, 4.69) is 59.3 Å². The zero-order valence-electron chi connectivity index (χ0n) is 12.4. The molecule has 5 heteroatoms. The number of nitrogens with zero attached hydrogens (tertiary/aromatic N) is 3. The minimum absolute atomic E-state index is 0.675. The van der Waals surface area contributed by atoms with Crippen LogP contribution in [0.25, 0.3) is 0 Å². The van der Waals surface area contributed by atoms with Crippen LogP contribution in [0.2, 0.25) is 0 Å². The third-order valence-electron chi connectivity index (χ3n) is 3.44. The van der Waals surface area contributed by atoms with Crippen LogP contribution in [-0.4, -0.2) is 17.0 Å². The maximum atomic E-state index is 5.52. The summed E-state index contributed by atoms with van der Waals surface area (Å²) in [7, 11) is 2.01. The van der Waals surface area contributed by atoms with E-state index in [1.54, 1.807) is 0 Å². The van der Waals surface area contributed by atoms with Gasteiger partial charge in [0.05, 0.1) is 0 Å². The first-order valence-corrected chi connectivity index (χ1v) is 6.70. The third kappa shape index (κ3) is 2.58. The van der Waals surface area contributed by atoms with Crippen molar-refractivity contribution in [3.8, 4) is 0 Å². The molecule has 20 heavy (non-hydrogen) atoms. The molecule has 0 radical (unpaired) electrons. The zero-order valence-corrected chi connectivity index (χ0v) is 12.4. The van der Waals surface area contributed by atoms with Crippen molar-refractivity contribution in [2.24, 2.45) is 5.84 Å². The van der Waals surface area contributed by atoms with E-state index in [1.165, 1.54) is 17.5 Å². The standard InChI is InChI=1S/C15H21N5/c1-5-12-14(19-16)17-9-18-15(12)20(4)13-7-6-10(2)8-11(13)3/h6-9H,5,16H2,1-4H3,(H,17,18,19). The van der Waals surface area contributed by atoms with Gasteiger partial charge in [-0.2, -0.15) is 0 Å². The molecule has 0 atom stereocenters. The van der Waals surface area contributed by atoms with Gasteiger partial charge in [0.15, 0.2) is 0 Å². The Kier molecular flexibility index (Phi) is 4.20. The first-order chi connectivity index (χ1) is 9.58. The summed E-state index contributed by atoms with van der Waals surface area (Å²) in [6.45, 7) is 6.27. The number of aromatic nitrogens is 2. The van der Waals surface area contributed by atoms with Crippen molar-refractivity contribution in [1.82, 2.24) is 9.97 Å². The highest BCUT2D eigenvalue weighted by molar-refractivity contribution is 5.69. The van der Waals surface area contributed by atoms with Crippen LogP contribution >= 0.6 is 0 Å². The van der Waals surface area contributed by atoms with Crippen LogP contribution in [0.5, 0.6) is 0 Å². The van der Waals surface area contributed by atoms with Gasteiger partial charge in [0.2, 0.25) is 0 Å². The molecular formula is C15H21N5. The Balaban J connectivity index is 2.50. The zero-order chi connectivity index (χ0) is 14.7. The number of nitrogen functional groups attached to an aromatic ring is 1. The Labute approximate surface area is 119 Å². The number of nitrogens with one attached hydrogen (secondary N) is 1. The summed E-state index contributed by atoms with van der Waals surface area (Å²) in [5, 5.41) is 0. The molecule has 1 aromatic carbocycles. The van der Waals surface area contributed by atoms with Gasteiger partial charge in [-0.15, -0.1) is 0 Å². The summed E-state index contributed by atoms with van der Waals surface area (Å²) >= 11 is 0. The highest BCUT2D eigenvalue weighted by atomic mass is 15.3. The Morgan fingerprint density at radius 2 is 2.00 bits per heavy atom. The number of benzene rings is 1. The average Bonchev–Trinajstić information content (AvgIpc) is 2.45. The second-order valence-electron chi connectivity index (χ2n) is 4.87. The van der Waals surface area contributed by atoms with Crippen molar-refractivity contribution in [1.29, 1.82) is 0 Å². The summed E-state index contributed by atoms with van der Waals surface area (Å²) in [5.41, 5.74) is 7.25. The minimum atomic E-state index is 0.675. The lowest BCUT2D eigenvalue weighted by atomic mass is 10.1. The molecule has 0 fully saturated rings. The van der Waals surface area contributed by atoms with E-state index in [4.69, 9.17) is 5.84 Å². The molecule has 2 rings (SSSR count). The van der Waals surface area contributed by atoms with Gasteiger partial charge in [-0.25, -0.2) is 15.8 Å². The Bertz CT molecular complexity index is 609. The van der Waals surface area contributed by atoms with Crippen molar-refractivity contribution >= 4 is 17.3 Å². The van der Waals surface area contributed by atoms with E-state index < -0.39 is 0 Å². The van der Waals surface area contributed by atoms with Crippen LogP contribution in [0, 0.1) is 13.8 Å². The van der Waals surface area contributed by atoms with Gasteiger partial charge in [0.25, 0.3) is 0 Å². The number of hydrogen-bond donors (Lipinski definition) is 2. The fraction of sp³-hybridized carbons (Fsp3) is 0.333. The van der Waals surface area contributed by atoms with E-state index in [0.717, 1.165) is 23.5 Å². The fourth-order valence-electron chi connectivity index (χ4n) is 2.44. The summed E-state index contributed by atoms with van der Waals surface area (Å²) in [6, 6.07) is 6.39. The Morgan fingerprint density at radius 3 is 2.60 bits per heavy atom. The lowest BCUT2D eigenvalue weighted by Gasteiger charge is -2.23. The fourth-order valence-corrected chi connectivity index (χ4v) is 2.44. The number of hydrogen-bond acceptors (Lipinski definition) is 5. The van der Waals surface area contributed by atoms with E-state index in [0.29, 0.717) is 5.82 Å². The van der Waals surface area contributed by atoms with Gasteiger partial charge < -0.3 is 10.3 Å². The average molecular weight is 271 g/mol. The molecule has 0 saturated heterocycles. The SMILES string of the molecule is CCc1c(NN)ncnc1N(C)c1ccc(C)cc1C. The van der Waals surface area contributed by atoms with Gasteiger partial charge in [0.1, 0.15) is 18.0 Å². The minimum Gasteiger partial charge on any atom is -0.329 e. The number of aryl methyl sites for hydroxylation is 2. The molecule has 2 aromatic rings. The topological polar surface area (TPSA) is 67.1 Å². The molecule has 0 bridgehead atoms. The van der Waals surface area contributed by atoms with Crippen molar-refractivity contribution in [2.75, 3.05) is 17.4 Å². The smallest absolute Gasteiger partial charge is 0.148 e. The van der Waals surface area contributed by atoms with Crippen molar-refractivity contribution < 1.29 is 0 Å². The van der Waals surface area contributed by atoms with Crippen LogP contribution in [-0.2, 0) is 6.42 Å². The lowest BCUT2D eigenvalue weighted by molar-refractivity contribution is 0.991. The van der Waals surface area contributed by atoms with Crippen molar-refractivity contribution in [3.05, 3.63) is 41.2 Å². The van der Waals surface area contributed by atoms with Crippen molar-refractivity contribution in [2.45, 2.75) is 27.2 Å². The number of nitrogens with two attached hydrogens (primary N) is 1. The molecule has 3 N–H and O–H groups in total. The molecule has 1 aromatic heterocycles. The quantitative estimate of drug-likeness (QED) is 0.661. The van der Waals surface area contributed by atoms with E-state index in [-0.39, 0.29) is 0 Å². The molecule has 0 aliphatic rings. The van der Waals surface area contributed by atoms with E-state index >= 15 is 0 Å². The molecule has 106 valence electrons. The number of rotatable bonds is 4. The molecule has 0 saturated carbocycles.